The third kappa shape index (κ3) is 2.90. The van der Waals surface area contributed by atoms with E-state index < -0.39 is 29.6 Å². The van der Waals surface area contributed by atoms with Crippen molar-refractivity contribution in [1.82, 2.24) is 0 Å². The quantitative estimate of drug-likeness (QED) is 0.837. The van der Waals surface area contributed by atoms with Gasteiger partial charge < -0.3 is 14.6 Å². The molecule has 1 aromatic rings. The Labute approximate surface area is 98.7 Å². The van der Waals surface area contributed by atoms with Crippen molar-refractivity contribution < 1.29 is 37.3 Å². The first kappa shape index (κ1) is 13.8. The van der Waals surface area contributed by atoms with E-state index in [0.29, 0.717) is 12.1 Å². The monoisotopic (exact) mass is 264 g/mol. The lowest BCUT2D eigenvalue weighted by Gasteiger charge is -2.14. The van der Waals surface area contributed by atoms with Gasteiger partial charge in [0.15, 0.2) is 11.6 Å². The number of carboxylic acids is 1. The maximum absolute atomic E-state index is 13.1. The molecule has 1 N–H and O–H groups in total. The summed E-state index contributed by atoms with van der Waals surface area (Å²) >= 11 is 0. The van der Waals surface area contributed by atoms with Gasteiger partial charge in [-0.05, 0) is 18.2 Å². The minimum absolute atomic E-state index is 0.255. The summed E-state index contributed by atoms with van der Waals surface area (Å²) in [4.78, 5) is 21.2. The van der Waals surface area contributed by atoms with E-state index in [-0.39, 0.29) is 5.56 Å². The van der Waals surface area contributed by atoms with Crippen LogP contribution in [0.15, 0.2) is 18.2 Å². The number of esters is 1. The summed E-state index contributed by atoms with van der Waals surface area (Å²) in [5.74, 6) is -5.78. The molecule has 0 amide bonds. The van der Waals surface area contributed by atoms with E-state index >= 15 is 0 Å². The molecule has 1 rings (SSSR count). The number of halogens is 3. The summed E-state index contributed by atoms with van der Waals surface area (Å²) in [6, 6.07) is 2.28. The summed E-state index contributed by atoms with van der Waals surface area (Å²) < 4.78 is 46.6. The second-order valence-corrected chi connectivity index (χ2v) is 3.06. The first-order valence-corrected chi connectivity index (χ1v) is 4.46. The van der Waals surface area contributed by atoms with Crippen molar-refractivity contribution in [2.24, 2.45) is 0 Å². The lowest BCUT2D eigenvalue weighted by Crippen LogP contribution is -2.35. The third-order valence-electron chi connectivity index (χ3n) is 1.84. The van der Waals surface area contributed by atoms with Gasteiger partial charge in [-0.2, -0.15) is 8.78 Å². The first-order valence-electron chi connectivity index (χ1n) is 4.46. The Morgan fingerprint density at radius 2 is 1.94 bits per heavy atom. The number of hydrogen-bond donors (Lipinski definition) is 1. The van der Waals surface area contributed by atoms with Crippen LogP contribution in [0, 0.1) is 5.82 Å². The Kier molecular flexibility index (Phi) is 3.79. The Balaban J connectivity index is 3.09. The lowest BCUT2D eigenvalue weighted by molar-refractivity contribution is -0.211. The molecule has 0 fully saturated rings. The molecule has 8 heteroatoms. The number of ether oxygens (including phenoxy) is 2. The van der Waals surface area contributed by atoms with Crippen LogP contribution in [0.25, 0.3) is 0 Å². The molecule has 0 aromatic heterocycles. The van der Waals surface area contributed by atoms with E-state index in [1.165, 1.54) is 0 Å². The third-order valence-corrected chi connectivity index (χ3v) is 1.84. The van der Waals surface area contributed by atoms with Crippen molar-refractivity contribution in [3.8, 4) is 5.75 Å². The molecular weight excluding hydrogens is 257 g/mol. The highest BCUT2D eigenvalue weighted by atomic mass is 19.3. The molecule has 0 unspecified atom stereocenters. The zero-order chi connectivity index (χ0) is 13.9. The van der Waals surface area contributed by atoms with Crippen LogP contribution in [0.2, 0.25) is 0 Å². The Bertz CT molecular complexity index is 486. The molecule has 98 valence electrons. The number of methoxy groups -OCH3 is 1. The van der Waals surface area contributed by atoms with Crippen molar-refractivity contribution in [2.75, 3.05) is 7.11 Å². The van der Waals surface area contributed by atoms with E-state index in [4.69, 9.17) is 5.11 Å². The predicted octanol–water partition coefficient (Wildman–Crippen LogP) is 1.67. The molecular formula is C10H7F3O5. The largest absolute Gasteiger partial charge is 0.502 e. The Morgan fingerprint density at radius 3 is 2.44 bits per heavy atom. The summed E-state index contributed by atoms with van der Waals surface area (Å²) in [5.41, 5.74) is -0.255. The van der Waals surface area contributed by atoms with E-state index in [2.05, 4.69) is 9.47 Å². The molecule has 18 heavy (non-hydrogen) atoms. The number of hydrogen-bond acceptors (Lipinski definition) is 4. The highest BCUT2D eigenvalue weighted by Crippen LogP contribution is 2.26. The van der Waals surface area contributed by atoms with Gasteiger partial charge in [-0.25, -0.2) is 14.0 Å². The van der Waals surface area contributed by atoms with Crippen LogP contribution < -0.4 is 4.74 Å². The second-order valence-electron chi connectivity index (χ2n) is 3.06. The molecule has 0 radical (unpaired) electrons. The number of rotatable bonds is 4. The number of alkyl halides is 2. The Hall–Kier alpha value is -2.25. The van der Waals surface area contributed by atoms with Crippen LogP contribution >= 0.6 is 0 Å². The molecule has 0 saturated heterocycles. The minimum atomic E-state index is -4.60. The fourth-order valence-electron chi connectivity index (χ4n) is 1.01. The van der Waals surface area contributed by atoms with Crippen molar-refractivity contribution in [2.45, 2.75) is 6.11 Å². The highest BCUT2D eigenvalue weighted by molar-refractivity contribution is 5.89. The fraction of sp³-hybridized carbons (Fsp3) is 0.200. The molecule has 0 atom stereocenters. The van der Waals surface area contributed by atoms with Gasteiger partial charge in [0.1, 0.15) is 0 Å². The van der Waals surface area contributed by atoms with Gasteiger partial charge in [-0.1, -0.05) is 0 Å². The maximum atomic E-state index is 13.1. The highest BCUT2D eigenvalue weighted by Gasteiger charge is 2.43. The number of carbonyl (C=O) groups is 2. The summed E-state index contributed by atoms with van der Waals surface area (Å²) in [5, 5.41) is 8.13. The van der Waals surface area contributed by atoms with Crippen LogP contribution in [-0.4, -0.2) is 30.3 Å². The predicted molar refractivity (Wildman–Crippen MR) is 51.0 cm³/mol. The van der Waals surface area contributed by atoms with E-state index in [0.717, 1.165) is 13.2 Å². The van der Waals surface area contributed by atoms with Gasteiger partial charge >= 0.3 is 18.0 Å². The molecule has 0 aliphatic rings. The van der Waals surface area contributed by atoms with Crippen LogP contribution in [0.5, 0.6) is 5.75 Å². The topological polar surface area (TPSA) is 72.8 Å². The molecule has 0 bridgehead atoms. The normalized spacial score (nSPS) is 10.9. The number of carbonyl (C=O) groups excluding carboxylic acids is 1. The van der Waals surface area contributed by atoms with Crippen molar-refractivity contribution in [3.05, 3.63) is 29.6 Å². The van der Waals surface area contributed by atoms with Gasteiger partial charge in [0.2, 0.25) is 0 Å². The molecule has 0 saturated carbocycles. The van der Waals surface area contributed by atoms with Crippen LogP contribution in [-0.2, 0) is 9.53 Å². The van der Waals surface area contributed by atoms with Crippen molar-refractivity contribution in [3.63, 3.8) is 0 Å². The number of aliphatic carboxylic acids is 1. The van der Waals surface area contributed by atoms with Crippen LogP contribution in [0.3, 0.4) is 0 Å². The van der Waals surface area contributed by atoms with Crippen molar-refractivity contribution >= 4 is 11.9 Å². The van der Waals surface area contributed by atoms with Gasteiger partial charge in [-0.3, -0.25) is 0 Å². The van der Waals surface area contributed by atoms with E-state index in [1.54, 1.807) is 0 Å². The lowest BCUT2D eigenvalue weighted by atomic mass is 10.2. The molecule has 0 spiro atoms. The standard InChI is InChI=1S/C10H7F3O5/c1-17-8(14)5-2-3-6(11)7(4-5)18-10(12,13)9(15)16/h2-4H,1H3,(H,15,16). The molecule has 0 aliphatic heterocycles. The number of carboxylic acid groups (broad SMARTS) is 1. The van der Waals surface area contributed by atoms with Gasteiger partial charge in [-0.15, -0.1) is 0 Å². The molecule has 5 nitrogen and oxygen atoms in total. The van der Waals surface area contributed by atoms with E-state index in [1.807, 2.05) is 0 Å². The smallest absolute Gasteiger partial charge is 0.474 e. The van der Waals surface area contributed by atoms with Crippen molar-refractivity contribution in [1.29, 1.82) is 0 Å². The molecule has 0 aliphatic carbocycles. The van der Waals surface area contributed by atoms with Gasteiger partial charge in [0.25, 0.3) is 0 Å². The maximum Gasteiger partial charge on any atom is 0.502 e. The minimum Gasteiger partial charge on any atom is -0.474 e. The first-order chi connectivity index (χ1) is 8.27. The molecule has 1 aromatic carbocycles. The molecule has 0 heterocycles. The zero-order valence-electron chi connectivity index (χ0n) is 8.95. The summed E-state index contributed by atoms with van der Waals surface area (Å²) in [7, 11) is 1.04. The van der Waals surface area contributed by atoms with Crippen LogP contribution in [0.1, 0.15) is 10.4 Å². The average Bonchev–Trinajstić information content (AvgIpc) is 2.30. The SMILES string of the molecule is COC(=O)c1ccc(F)c(OC(F)(F)C(=O)O)c1. The summed E-state index contributed by atoms with van der Waals surface area (Å²) in [6.45, 7) is 0. The average molecular weight is 264 g/mol. The Morgan fingerprint density at radius 1 is 1.33 bits per heavy atom. The second kappa shape index (κ2) is 4.94. The van der Waals surface area contributed by atoms with E-state index in [9.17, 15) is 22.8 Å². The number of benzene rings is 1. The zero-order valence-corrected chi connectivity index (χ0v) is 8.95. The van der Waals surface area contributed by atoms with Crippen LogP contribution in [0.4, 0.5) is 13.2 Å². The fourth-order valence-corrected chi connectivity index (χ4v) is 1.01. The van der Waals surface area contributed by atoms with Gasteiger partial charge in [0, 0.05) is 0 Å². The van der Waals surface area contributed by atoms with Gasteiger partial charge in [0.05, 0.1) is 12.7 Å². The summed E-state index contributed by atoms with van der Waals surface area (Å²) in [6.07, 6.45) is -4.60.